The fraction of sp³-hybridized carbons (Fsp3) is 0.125. The highest BCUT2D eigenvalue weighted by atomic mass is 35.5. The lowest BCUT2D eigenvalue weighted by atomic mass is 10.1. The van der Waals surface area contributed by atoms with E-state index in [1.807, 2.05) is 0 Å². The fourth-order valence-electron chi connectivity index (χ4n) is 2.06. The van der Waals surface area contributed by atoms with Gasteiger partial charge in [-0.15, -0.1) is 0 Å². The van der Waals surface area contributed by atoms with E-state index in [4.69, 9.17) is 39.9 Å². The summed E-state index contributed by atoms with van der Waals surface area (Å²) in [6, 6.07) is 4.28. The van der Waals surface area contributed by atoms with E-state index in [9.17, 15) is 29.8 Å². The molecule has 154 valence electrons. The van der Waals surface area contributed by atoms with Crippen molar-refractivity contribution in [3.05, 3.63) is 76.3 Å². The quantitative estimate of drug-likeness (QED) is 0.379. The lowest BCUT2D eigenvalue weighted by Crippen LogP contribution is -2.05. The normalized spacial score (nSPS) is 9.83. The third kappa shape index (κ3) is 6.01. The Balaban J connectivity index is 0.000000291. The van der Waals surface area contributed by atoms with E-state index in [0.717, 1.165) is 18.2 Å². The van der Waals surface area contributed by atoms with Crippen molar-refractivity contribution in [2.75, 3.05) is 7.11 Å². The number of esters is 1. The first-order chi connectivity index (χ1) is 13.4. The molecule has 0 atom stereocenters. The highest BCUT2D eigenvalue weighted by Crippen LogP contribution is 2.30. The monoisotopic (exact) mass is 464 g/mol. The van der Waals surface area contributed by atoms with E-state index in [1.165, 1.54) is 13.2 Å². The van der Waals surface area contributed by atoms with Gasteiger partial charge in [0.2, 0.25) is 0 Å². The summed E-state index contributed by atoms with van der Waals surface area (Å²) >= 11 is 16.8. The summed E-state index contributed by atoms with van der Waals surface area (Å²) < 4.78 is 4.51. The van der Waals surface area contributed by atoms with Crippen molar-refractivity contribution in [1.29, 1.82) is 0 Å². The molecule has 0 aliphatic heterocycles. The second-order valence-corrected chi connectivity index (χ2v) is 6.44. The van der Waals surface area contributed by atoms with Crippen LogP contribution >= 0.6 is 34.8 Å². The van der Waals surface area contributed by atoms with E-state index >= 15 is 0 Å². The van der Waals surface area contributed by atoms with E-state index in [2.05, 4.69) is 4.74 Å². The standard InChI is InChI=1S/C9H8ClNO4.C7H3Cl2NO4/c1-5-3-6(11(13)14)4-7(10)8(5)9(12)15-2;8-4-1-3(10(13)14)2-5(9)6(4)7(11)12/h3-4H,1-2H3;1-2H,(H,11,12). The Morgan fingerprint density at radius 1 is 0.897 bits per heavy atom. The Morgan fingerprint density at radius 3 is 1.59 bits per heavy atom. The van der Waals surface area contributed by atoms with Crippen LogP contribution in [0.5, 0.6) is 0 Å². The number of non-ortho nitro benzene ring substituents is 2. The number of halogens is 3. The second-order valence-electron chi connectivity index (χ2n) is 5.21. The molecule has 0 unspecified atom stereocenters. The molecule has 2 rings (SSSR count). The molecule has 0 aliphatic carbocycles. The van der Waals surface area contributed by atoms with Gasteiger partial charge in [0.1, 0.15) is 0 Å². The molecule has 2 aromatic rings. The van der Waals surface area contributed by atoms with Gasteiger partial charge < -0.3 is 9.84 Å². The Labute approximate surface area is 177 Å². The van der Waals surface area contributed by atoms with Gasteiger partial charge in [-0.05, 0) is 12.5 Å². The summed E-state index contributed by atoms with van der Waals surface area (Å²) in [4.78, 5) is 41.4. The van der Waals surface area contributed by atoms with Gasteiger partial charge in [-0.1, -0.05) is 34.8 Å². The van der Waals surface area contributed by atoms with E-state index in [-0.39, 0.29) is 37.6 Å². The third-order valence-corrected chi connectivity index (χ3v) is 4.22. The van der Waals surface area contributed by atoms with Gasteiger partial charge in [0.05, 0.1) is 43.2 Å². The number of ether oxygens (including phenoxy) is 1. The number of nitro groups is 2. The number of methoxy groups -OCH3 is 1. The number of carboxylic acid groups (broad SMARTS) is 1. The average molecular weight is 466 g/mol. The molecular formula is C16H11Cl3N2O8. The number of aromatic carboxylic acids is 1. The summed E-state index contributed by atoms with van der Waals surface area (Å²) in [5.74, 6) is -1.93. The smallest absolute Gasteiger partial charge is 0.339 e. The number of rotatable bonds is 4. The molecule has 0 radical (unpaired) electrons. The van der Waals surface area contributed by atoms with E-state index < -0.39 is 21.8 Å². The summed E-state index contributed by atoms with van der Waals surface area (Å²) in [7, 11) is 1.22. The molecule has 0 amide bonds. The molecule has 0 heterocycles. The van der Waals surface area contributed by atoms with Crippen LogP contribution in [0.4, 0.5) is 11.4 Å². The van der Waals surface area contributed by atoms with Crippen molar-refractivity contribution < 1.29 is 29.3 Å². The van der Waals surface area contributed by atoms with Crippen LogP contribution in [-0.2, 0) is 4.74 Å². The zero-order chi connectivity index (χ0) is 22.5. The van der Waals surface area contributed by atoms with Crippen molar-refractivity contribution in [1.82, 2.24) is 0 Å². The van der Waals surface area contributed by atoms with Gasteiger partial charge in [0, 0.05) is 24.3 Å². The highest BCUT2D eigenvalue weighted by Gasteiger charge is 2.19. The number of hydrogen-bond acceptors (Lipinski definition) is 7. The molecule has 29 heavy (non-hydrogen) atoms. The van der Waals surface area contributed by atoms with Crippen molar-refractivity contribution in [2.45, 2.75) is 6.92 Å². The summed E-state index contributed by atoms with van der Waals surface area (Å²) in [6.07, 6.45) is 0. The fourth-order valence-corrected chi connectivity index (χ4v) is 3.04. The number of nitro benzene ring substituents is 2. The number of nitrogens with zero attached hydrogens (tertiary/aromatic N) is 2. The number of carboxylic acids is 1. The van der Waals surface area contributed by atoms with Crippen LogP contribution < -0.4 is 0 Å². The molecule has 13 heteroatoms. The predicted molar refractivity (Wildman–Crippen MR) is 104 cm³/mol. The highest BCUT2D eigenvalue weighted by molar-refractivity contribution is 6.39. The number of carbonyl (C=O) groups excluding carboxylic acids is 1. The number of hydrogen-bond donors (Lipinski definition) is 1. The minimum atomic E-state index is -1.32. The Kier molecular flexibility index (Phi) is 8.31. The van der Waals surface area contributed by atoms with Gasteiger partial charge in [0.15, 0.2) is 0 Å². The van der Waals surface area contributed by atoms with Gasteiger partial charge in [-0.2, -0.15) is 0 Å². The molecule has 0 aliphatic rings. The van der Waals surface area contributed by atoms with Crippen molar-refractivity contribution in [3.63, 3.8) is 0 Å². The second kappa shape index (κ2) is 10.0. The van der Waals surface area contributed by atoms with Crippen molar-refractivity contribution in [3.8, 4) is 0 Å². The Morgan fingerprint density at radius 2 is 1.28 bits per heavy atom. The molecule has 1 N–H and O–H groups in total. The molecule has 0 saturated carbocycles. The van der Waals surface area contributed by atoms with Crippen molar-refractivity contribution in [2.24, 2.45) is 0 Å². The molecular weight excluding hydrogens is 455 g/mol. The molecule has 0 bridgehead atoms. The van der Waals surface area contributed by atoms with Gasteiger partial charge in [0.25, 0.3) is 11.4 Å². The number of carbonyl (C=O) groups is 2. The maximum Gasteiger partial charge on any atom is 0.339 e. The SMILES string of the molecule is COC(=O)c1c(C)cc([N+](=O)[O-])cc1Cl.O=C(O)c1c(Cl)cc([N+](=O)[O-])cc1Cl. The Bertz CT molecular complexity index is 964. The molecule has 0 saturated heterocycles. The minimum absolute atomic E-state index is 0.0218. The van der Waals surface area contributed by atoms with Crippen LogP contribution in [0.3, 0.4) is 0 Å². The third-order valence-electron chi connectivity index (χ3n) is 3.32. The summed E-state index contributed by atoms with van der Waals surface area (Å²) in [5, 5.41) is 29.0. The van der Waals surface area contributed by atoms with E-state index in [0.29, 0.717) is 5.56 Å². The zero-order valence-corrected chi connectivity index (χ0v) is 16.9. The summed E-state index contributed by atoms with van der Waals surface area (Å²) in [5.41, 5.74) is -0.250. The molecule has 0 spiro atoms. The van der Waals surface area contributed by atoms with Gasteiger partial charge >= 0.3 is 11.9 Å². The molecule has 0 fully saturated rings. The maximum atomic E-state index is 11.3. The van der Waals surface area contributed by atoms with Gasteiger partial charge in [-0.25, -0.2) is 9.59 Å². The molecule has 0 aromatic heterocycles. The first-order valence-electron chi connectivity index (χ1n) is 7.30. The van der Waals surface area contributed by atoms with Crippen LogP contribution in [0, 0.1) is 27.2 Å². The van der Waals surface area contributed by atoms with Crippen molar-refractivity contribution >= 4 is 58.1 Å². The summed E-state index contributed by atoms with van der Waals surface area (Å²) in [6.45, 7) is 1.56. The minimum Gasteiger partial charge on any atom is -0.478 e. The number of benzene rings is 2. The zero-order valence-electron chi connectivity index (χ0n) is 14.6. The number of aryl methyl sites for hydroxylation is 1. The van der Waals surface area contributed by atoms with Gasteiger partial charge in [-0.3, -0.25) is 20.2 Å². The topological polar surface area (TPSA) is 150 Å². The molecule has 2 aromatic carbocycles. The average Bonchev–Trinajstić information content (AvgIpc) is 2.60. The predicted octanol–water partition coefficient (Wildman–Crippen LogP) is 4.94. The van der Waals surface area contributed by atoms with Crippen LogP contribution in [-0.4, -0.2) is 34.0 Å². The first kappa shape index (κ1) is 24.1. The van der Waals surface area contributed by atoms with E-state index in [1.54, 1.807) is 6.92 Å². The largest absolute Gasteiger partial charge is 0.478 e. The van der Waals surface area contributed by atoms with Crippen LogP contribution in [0.15, 0.2) is 24.3 Å². The van der Waals surface area contributed by atoms with Crippen LogP contribution in [0.25, 0.3) is 0 Å². The van der Waals surface area contributed by atoms with Crippen LogP contribution in [0.2, 0.25) is 15.1 Å². The Hall–Kier alpha value is -2.95. The lowest BCUT2D eigenvalue weighted by Gasteiger charge is -2.05. The maximum absolute atomic E-state index is 11.3. The van der Waals surface area contributed by atoms with Crippen LogP contribution in [0.1, 0.15) is 26.3 Å². The molecule has 10 nitrogen and oxygen atoms in total. The first-order valence-corrected chi connectivity index (χ1v) is 8.43. The lowest BCUT2D eigenvalue weighted by molar-refractivity contribution is -0.385.